The van der Waals surface area contributed by atoms with E-state index in [2.05, 4.69) is 252 Å². The zero-order chi connectivity index (χ0) is 40.3. The molecule has 0 radical (unpaired) electrons. The second kappa shape index (κ2) is 14.1. The third-order valence-electron chi connectivity index (χ3n) is 12.9. The molecule has 0 fully saturated rings. The van der Waals surface area contributed by atoms with Crippen molar-refractivity contribution < 1.29 is 0 Å². The number of hydrogen-bond acceptors (Lipinski definition) is 1. The number of benzene rings is 10. The Hall–Kier alpha value is -7.94. The van der Waals surface area contributed by atoms with Crippen LogP contribution in [0.3, 0.4) is 0 Å². The summed E-state index contributed by atoms with van der Waals surface area (Å²) >= 11 is 0. The van der Waals surface area contributed by atoms with Gasteiger partial charge in [-0.15, -0.1) is 0 Å². The minimum absolute atomic E-state index is 0.505. The highest BCUT2D eigenvalue weighted by Crippen LogP contribution is 2.57. The van der Waals surface area contributed by atoms with Crippen LogP contribution in [0.4, 0.5) is 17.1 Å². The van der Waals surface area contributed by atoms with E-state index in [1.54, 1.807) is 0 Å². The average molecular weight is 777 g/mol. The summed E-state index contributed by atoms with van der Waals surface area (Å²) in [4.78, 5) is 2.43. The zero-order valence-electron chi connectivity index (χ0n) is 33.5. The first-order valence-corrected chi connectivity index (χ1v) is 21.1. The molecular formula is C59H40N2. The van der Waals surface area contributed by atoms with Gasteiger partial charge >= 0.3 is 0 Å². The van der Waals surface area contributed by atoms with E-state index in [0.29, 0.717) is 0 Å². The minimum atomic E-state index is -0.505. The normalized spacial score (nSPS) is 12.7. The lowest BCUT2D eigenvalue weighted by atomic mass is 9.67. The van der Waals surface area contributed by atoms with Gasteiger partial charge in [0.25, 0.3) is 0 Å². The van der Waals surface area contributed by atoms with Crippen molar-refractivity contribution >= 4 is 49.6 Å². The molecule has 1 aliphatic rings. The molecule has 0 saturated heterocycles. The Labute approximate surface area is 355 Å². The van der Waals surface area contributed by atoms with Crippen LogP contribution in [-0.2, 0) is 5.41 Å². The zero-order valence-corrected chi connectivity index (χ0v) is 33.5. The van der Waals surface area contributed by atoms with Crippen molar-refractivity contribution in [3.05, 3.63) is 265 Å². The van der Waals surface area contributed by atoms with Gasteiger partial charge in [-0.25, -0.2) is 0 Å². The number of anilines is 3. The van der Waals surface area contributed by atoms with Crippen LogP contribution in [0.2, 0.25) is 0 Å². The summed E-state index contributed by atoms with van der Waals surface area (Å²) in [7, 11) is 0. The Balaban J connectivity index is 1.11. The lowest BCUT2D eigenvalue weighted by Gasteiger charge is -2.35. The van der Waals surface area contributed by atoms with Gasteiger partial charge in [-0.1, -0.05) is 194 Å². The molecule has 0 aliphatic heterocycles. The van der Waals surface area contributed by atoms with Crippen LogP contribution < -0.4 is 4.90 Å². The van der Waals surface area contributed by atoms with Crippen molar-refractivity contribution in [2.75, 3.05) is 4.90 Å². The van der Waals surface area contributed by atoms with E-state index in [4.69, 9.17) is 0 Å². The van der Waals surface area contributed by atoms with Crippen LogP contribution in [0, 0.1) is 0 Å². The molecule has 11 aromatic rings. The van der Waals surface area contributed by atoms with Crippen LogP contribution in [0.5, 0.6) is 0 Å². The molecular weight excluding hydrogens is 737 g/mol. The molecule has 0 spiro atoms. The monoisotopic (exact) mass is 776 g/mol. The Morgan fingerprint density at radius 3 is 1.64 bits per heavy atom. The molecule has 0 saturated carbocycles. The standard InChI is InChI=1S/C59H40N2/c1-4-21-42(22-5-1)59(43-23-6-2-7-24-43)54-32-15-12-28-49(54)50-37-35-45(39-55(50)59)60(44-25-8-3-9-26-44)46-36-38-53-52-30-14-17-34-57(52)61(58(53)40-46)56-33-16-13-29-51(56)48-31-18-20-41-19-10-11-27-47(41)48/h1-40H. The fraction of sp³-hybridized carbons (Fsp3) is 0.0169. The molecule has 286 valence electrons. The van der Waals surface area contributed by atoms with E-state index in [9.17, 15) is 0 Å². The Bertz CT molecular complexity index is 3370. The molecule has 0 amide bonds. The van der Waals surface area contributed by atoms with Crippen molar-refractivity contribution in [3.63, 3.8) is 0 Å². The van der Waals surface area contributed by atoms with Crippen molar-refractivity contribution in [2.24, 2.45) is 0 Å². The maximum absolute atomic E-state index is 2.48. The lowest BCUT2D eigenvalue weighted by Crippen LogP contribution is -2.28. The SMILES string of the molecule is c1ccc(N(c2ccc3c(c2)C(c2ccccc2)(c2ccccc2)c2ccccc2-3)c2ccc3c4ccccc4n(-c4ccccc4-c4cccc5ccccc45)c3c2)cc1. The number of fused-ring (bicyclic) bond motifs is 7. The fourth-order valence-electron chi connectivity index (χ4n) is 10.3. The summed E-state index contributed by atoms with van der Waals surface area (Å²) in [5.74, 6) is 0. The van der Waals surface area contributed by atoms with Gasteiger partial charge < -0.3 is 9.47 Å². The molecule has 2 heteroatoms. The number of para-hydroxylation sites is 3. The molecule has 1 aromatic heterocycles. The first-order chi connectivity index (χ1) is 30.3. The van der Waals surface area contributed by atoms with Crippen LogP contribution >= 0.6 is 0 Å². The summed E-state index contributed by atoms with van der Waals surface area (Å²) in [6, 6.07) is 89.1. The van der Waals surface area contributed by atoms with E-state index in [1.165, 1.54) is 71.6 Å². The quantitative estimate of drug-likeness (QED) is 0.156. The summed E-state index contributed by atoms with van der Waals surface area (Å²) in [6.07, 6.45) is 0. The van der Waals surface area contributed by atoms with Crippen LogP contribution in [-0.4, -0.2) is 4.57 Å². The minimum Gasteiger partial charge on any atom is -0.310 e. The van der Waals surface area contributed by atoms with Crippen molar-refractivity contribution in [1.29, 1.82) is 0 Å². The van der Waals surface area contributed by atoms with Crippen LogP contribution in [0.15, 0.2) is 243 Å². The molecule has 12 rings (SSSR count). The summed E-state index contributed by atoms with van der Waals surface area (Å²) < 4.78 is 2.48. The smallest absolute Gasteiger partial charge is 0.0714 e. The van der Waals surface area contributed by atoms with Crippen molar-refractivity contribution in [3.8, 4) is 27.9 Å². The Kier molecular flexibility index (Phi) is 8.11. The van der Waals surface area contributed by atoms with Crippen LogP contribution in [0.25, 0.3) is 60.5 Å². The molecule has 0 unspecified atom stereocenters. The molecule has 1 aliphatic carbocycles. The van der Waals surface area contributed by atoms with Crippen LogP contribution in [0.1, 0.15) is 22.3 Å². The number of hydrogen-bond donors (Lipinski definition) is 0. The first kappa shape index (κ1) is 35.0. The Morgan fingerprint density at radius 1 is 0.311 bits per heavy atom. The fourth-order valence-corrected chi connectivity index (χ4v) is 10.3. The molecule has 2 nitrogen and oxygen atoms in total. The van der Waals surface area contributed by atoms with E-state index in [-0.39, 0.29) is 0 Å². The largest absolute Gasteiger partial charge is 0.310 e. The van der Waals surface area contributed by atoms with Crippen molar-refractivity contribution in [2.45, 2.75) is 5.41 Å². The third-order valence-corrected chi connectivity index (χ3v) is 12.9. The molecule has 0 N–H and O–H groups in total. The third kappa shape index (κ3) is 5.36. The number of aromatic nitrogens is 1. The van der Waals surface area contributed by atoms with Gasteiger partial charge in [-0.3, -0.25) is 0 Å². The van der Waals surface area contributed by atoms with E-state index in [0.717, 1.165) is 28.3 Å². The van der Waals surface area contributed by atoms with Gasteiger partial charge in [0, 0.05) is 33.4 Å². The summed E-state index contributed by atoms with van der Waals surface area (Å²) in [5.41, 5.74) is 16.3. The molecule has 61 heavy (non-hydrogen) atoms. The highest BCUT2D eigenvalue weighted by atomic mass is 15.1. The second-order valence-electron chi connectivity index (χ2n) is 16.0. The maximum Gasteiger partial charge on any atom is 0.0714 e. The highest BCUT2D eigenvalue weighted by molar-refractivity contribution is 6.11. The topological polar surface area (TPSA) is 8.17 Å². The molecule has 1 heterocycles. The average Bonchev–Trinajstić information content (AvgIpc) is 3.82. The number of nitrogens with zero attached hydrogens (tertiary/aromatic N) is 2. The van der Waals surface area contributed by atoms with Gasteiger partial charge in [-0.2, -0.15) is 0 Å². The Morgan fingerprint density at radius 2 is 0.852 bits per heavy atom. The van der Waals surface area contributed by atoms with Gasteiger partial charge in [0.05, 0.1) is 22.1 Å². The highest BCUT2D eigenvalue weighted by Gasteiger charge is 2.46. The van der Waals surface area contributed by atoms with Gasteiger partial charge in [0.15, 0.2) is 0 Å². The molecule has 10 aromatic carbocycles. The van der Waals surface area contributed by atoms with Gasteiger partial charge in [-0.05, 0) is 98.2 Å². The first-order valence-electron chi connectivity index (χ1n) is 21.1. The summed E-state index contributed by atoms with van der Waals surface area (Å²) in [5, 5.41) is 4.93. The van der Waals surface area contributed by atoms with Gasteiger partial charge in [0.2, 0.25) is 0 Å². The number of rotatable bonds is 7. The second-order valence-corrected chi connectivity index (χ2v) is 16.0. The molecule has 0 bridgehead atoms. The predicted molar refractivity (Wildman–Crippen MR) is 256 cm³/mol. The predicted octanol–water partition coefficient (Wildman–Crippen LogP) is 15.4. The van der Waals surface area contributed by atoms with Crippen molar-refractivity contribution in [1.82, 2.24) is 4.57 Å². The van der Waals surface area contributed by atoms with Gasteiger partial charge in [0.1, 0.15) is 0 Å². The maximum atomic E-state index is 2.48. The lowest BCUT2D eigenvalue weighted by molar-refractivity contribution is 0.768. The van der Waals surface area contributed by atoms with E-state index >= 15 is 0 Å². The van der Waals surface area contributed by atoms with E-state index in [1.807, 2.05) is 0 Å². The summed E-state index contributed by atoms with van der Waals surface area (Å²) in [6.45, 7) is 0. The van der Waals surface area contributed by atoms with E-state index < -0.39 is 5.41 Å². The molecule has 0 atom stereocenters.